The minimum Gasteiger partial charge on any atom is -0.497 e. The number of nitrogens with zero attached hydrogens (tertiary/aromatic N) is 6. The van der Waals surface area contributed by atoms with Crippen LogP contribution >= 0.6 is 0 Å². The summed E-state index contributed by atoms with van der Waals surface area (Å²) in [5.41, 5.74) is 7.73. The predicted octanol–water partition coefficient (Wildman–Crippen LogP) is 1.58. The molecule has 11 nitrogen and oxygen atoms in total. The van der Waals surface area contributed by atoms with E-state index in [0.29, 0.717) is 28.9 Å². The number of aliphatic hydroxyl groups excluding tert-OH is 2. The van der Waals surface area contributed by atoms with Crippen LogP contribution in [0.3, 0.4) is 0 Å². The Morgan fingerprint density at radius 2 is 2.21 bits per heavy atom. The molecule has 0 saturated carbocycles. The Morgan fingerprint density at radius 1 is 1.33 bits per heavy atom. The highest BCUT2D eigenvalue weighted by atomic mass is 16.5. The molecule has 1 aliphatic heterocycles. The van der Waals surface area contributed by atoms with Crippen molar-refractivity contribution in [1.29, 1.82) is 0 Å². The predicted molar refractivity (Wildman–Crippen MR) is 123 cm³/mol. The number of nitrogens with two attached hydrogens (primary N) is 1. The number of aliphatic hydroxyl groups is 2. The summed E-state index contributed by atoms with van der Waals surface area (Å²) in [6, 6.07) is 9.14. The van der Waals surface area contributed by atoms with Crippen molar-refractivity contribution in [2.45, 2.75) is 25.1 Å². The van der Waals surface area contributed by atoms with Gasteiger partial charge in [0.25, 0.3) is 0 Å². The molecule has 1 aliphatic rings. The van der Waals surface area contributed by atoms with Crippen LogP contribution in [0.5, 0.6) is 5.75 Å². The molecule has 1 saturated heterocycles. The zero-order valence-electron chi connectivity index (χ0n) is 18.2. The largest absolute Gasteiger partial charge is 0.497 e. The molecule has 11 heteroatoms. The van der Waals surface area contributed by atoms with Gasteiger partial charge in [0.15, 0.2) is 5.82 Å². The van der Waals surface area contributed by atoms with Gasteiger partial charge in [-0.05, 0) is 37.1 Å². The lowest BCUT2D eigenvalue weighted by Crippen LogP contribution is -2.34. The number of ether oxygens (including phenoxy) is 1. The van der Waals surface area contributed by atoms with Crippen molar-refractivity contribution in [2.24, 2.45) is 5.73 Å². The molecule has 5 rings (SSSR count). The topological polar surface area (TPSA) is 139 Å². The van der Waals surface area contributed by atoms with Crippen molar-refractivity contribution in [3.8, 4) is 11.4 Å². The average Bonchev–Trinajstić information content (AvgIpc) is 3.58. The van der Waals surface area contributed by atoms with E-state index < -0.39 is 6.23 Å². The highest BCUT2D eigenvalue weighted by Gasteiger charge is 2.27. The van der Waals surface area contributed by atoms with Gasteiger partial charge in [0.2, 0.25) is 5.95 Å². The highest BCUT2D eigenvalue weighted by molar-refractivity contribution is 5.73. The smallest absolute Gasteiger partial charge is 0.245 e. The number of hydrogen-bond donors (Lipinski definition) is 4. The Balaban J connectivity index is 1.47. The Labute approximate surface area is 190 Å². The third kappa shape index (κ3) is 4.09. The van der Waals surface area contributed by atoms with Crippen LogP contribution in [-0.2, 0) is 0 Å². The van der Waals surface area contributed by atoms with Crippen LogP contribution in [0.15, 0.2) is 49.1 Å². The van der Waals surface area contributed by atoms with Crippen molar-refractivity contribution in [1.82, 2.24) is 24.1 Å². The van der Waals surface area contributed by atoms with Crippen molar-refractivity contribution < 1.29 is 14.9 Å². The van der Waals surface area contributed by atoms with Crippen molar-refractivity contribution in [3.05, 3.63) is 54.6 Å². The second-order valence-corrected chi connectivity index (χ2v) is 7.97. The zero-order chi connectivity index (χ0) is 22.9. The molecular weight excluding hydrogens is 424 g/mol. The Bertz CT molecular complexity index is 1270. The molecule has 1 fully saturated rings. The molecule has 33 heavy (non-hydrogen) atoms. The lowest BCUT2D eigenvalue weighted by molar-refractivity contribution is 0.186. The van der Waals surface area contributed by atoms with Gasteiger partial charge in [0.1, 0.15) is 29.6 Å². The van der Waals surface area contributed by atoms with Gasteiger partial charge in [-0.15, -0.1) is 5.10 Å². The van der Waals surface area contributed by atoms with Gasteiger partial charge in [0.05, 0.1) is 31.6 Å². The maximum Gasteiger partial charge on any atom is 0.245 e. The lowest BCUT2D eigenvalue weighted by atomic mass is 10.1. The number of methoxy groups -OCH3 is 1. The molecule has 1 unspecified atom stereocenters. The van der Waals surface area contributed by atoms with Gasteiger partial charge in [0, 0.05) is 24.4 Å². The first-order chi connectivity index (χ1) is 16.1. The molecule has 4 aromatic rings. The summed E-state index contributed by atoms with van der Waals surface area (Å²) in [6.45, 7) is 0.873. The first-order valence-corrected chi connectivity index (χ1v) is 10.7. The third-order valence-electron chi connectivity index (χ3n) is 5.84. The summed E-state index contributed by atoms with van der Waals surface area (Å²) in [6.07, 6.45) is 6.13. The van der Waals surface area contributed by atoms with Gasteiger partial charge in [-0.25, -0.2) is 9.50 Å². The summed E-state index contributed by atoms with van der Waals surface area (Å²) >= 11 is 0. The number of anilines is 3. The molecule has 0 amide bonds. The maximum atomic E-state index is 9.80. The summed E-state index contributed by atoms with van der Waals surface area (Å²) in [7, 11) is 1.56. The van der Waals surface area contributed by atoms with E-state index in [9.17, 15) is 10.2 Å². The van der Waals surface area contributed by atoms with Gasteiger partial charge in [-0.1, -0.05) is 0 Å². The molecular formula is C22H26N8O3. The van der Waals surface area contributed by atoms with Crippen molar-refractivity contribution in [3.63, 3.8) is 0 Å². The molecule has 2 atom stereocenters. The van der Waals surface area contributed by atoms with E-state index in [4.69, 9.17) is 15.5 Å². The fraction of sp³-hybridized carbons (Fsp3) is 0.318. The summed E-state index contributed by atoms with van der Waals surface area (Å²) in [4.78, 5) is 11.3. The molecule has 0 bridgehead atoms. The molecule has 0 aliphatic carbocycles. The number of imidazole rings is 1. The highest BCUT2D eigenvalue weighted by Crippen LogP contribution is 2.27. The molecule has 1 aromatic carbocycles. The summed E-state index contributed by atoms with van der Waals surface area (Å²) in [5.74, 6) is 2.34. The van der Waals surface area contributed by atoms with E-state index in [1.54, 1.807) is 34.7 Å². The van der Waals surface area contributed by atoms with Crippen molar-refractivity contribution in [2.75, 3.05) is 30.5 Å². The molecule has 4 heterocycles. The van der Waals surface area contributed by atoms with Crippen LogP contribution in [0.25, 0.3) is 11.2 Å². The summed E-state index contributed by atoms with van der Waals surface area (Å²) < 4.78 is 8.90. The second kappa shape index (κ2) is 8.70. The molecule has 172 valence electrons. The van der Waals surface area contributed by atoms with Crippen LogP contribution in [0.4, 0.5) is 17.6 Å². The average molecular weight is 451 g/mol. The number of hydrogen-bond acceptors (Lipinski definition) is 9. The van der Waals surface area contributed by atoms with Crippen molar-refractivity contribution >= 4 is 23.1 Å². The van der Waals surface area contributed by atoms with E-state index >= 15 is 0 Å². The van der Waals surface area contributed by atoms with E-state index in [1.165, 1.54) is 0 Å². The number of fused-ring (bicyclic) bond motifs is 1. The van der Waals surface area contributed by atoms with Crippen LogP contribution in [0.2, 0.25) is 0 Å². The number of benzene rings is 1. The van der Waals surface area contributed by atoms with Gasteiger partial charge >= 0.3 is 0 Å². The van der Waals surface area contributed by atoms with E-state index in [1.807, 2.05) is 35.5 Å². The molecule has 0 spiro atoms. The van der Waals surface area contributed by atoms with Crippen LogP contribution < -0.4 is 20.7 Å². The monoisotopic (exact) mass is 450 g/mol. The second-order valence-electron chi connectivity index (χ2n) is 7.97. The van der Waals surface area contributed by atoms with E-state index in [2.05, 4.69) is 15.4 Å². The fourth-order valence-electron chi connectivity index (χ4n) is 4.12. The van der Waals surface area contributed by atoms with Gasteiger partial charge in [-0.2, -0.15) is 4.98 Å². The molecule has 0 radical (unpaired) electrons. The normalized spacial score (nSPS) is 17.0. The molecule has 3 aromatic heterocycles. The Hall–Kier alpha value is -3.67. The first kappa shape index (κ1) is 21.2. The number of aromatic nitrogens is 5. The SMILES string of the molecule is COc1cc(C(N)O)cc(-n2cnc(Nc3nc(N4CCC[C@H]4CO)nn4cccc34)c2)c1. The van der Waals surface area contributed by atoms with Gasteiger partial charge in [-0.3, -0.25) is 0 Å². The first-order valence-electron chi connectivity index (χ1n) is 10.7. The lowest BCUT2D eigenvalue weighted by Gasteiger charge is -2.23. The zero-order valence-corrected chi connectivity index (χ0v) is 18.2. The Kier molecular flexibility index (Phi) is 5.58. The minimum absolute atomic E-state index is 0.0187. The Morgan fingerprint density at radius 3 is 3.00 bits per heavy atom. The van der Waals surface area contributed by atoms with Gasteiger partial charge < -0.3 is 35.5 Å². The quantitative estimate of drug-likeness (QED) is 0.309. The standard InChI is InChI=1S/C22H26N8O3/c1-33-17-9-14(20(23)32)8-16(10-17)28-11-19(24-13-28)25-21-18-5-3-7-30(18)27-22(26-21)29-6-2-4-15(29)12-31/h3,5,7-11,13,15,20,31-32H,2,4,6,12,23H2,1H3,(H,25,26,27)/t15-,20?/m0/s1. The van der Waals surface area contributed by atoms with Crippen LogP contribution in [0.1, 0.15) is 24.6 Å². The van der Waals surface area contributed by atoms with Crippen LogP contribution in [0, 0.1) is 0 Å². The maximum absolute atomic E-state index is 9.80. The van der Waals surface area contributed by atoms with Crippen LogP contribution in [-0.4, -0.2) is 60.7 Å². The molecule has 5 N–H and O–H groups in total. The third-order valence-corrected chi connectivity index (χ3v) is 5.84. The minimum atomic E-state index is -1.12. The number of nitrogens with one attached hydrogen (secondary N) is 1. The fourth-order valence-corrected chi connectivity index (χ4v) is 4.12. The number of rotatable bonds is 7. The van der Waals surface area contributed by atoms with E-state index in [0.717, 1.165) is 30.6 Å². The summed E-state index contributed by atoms with van der Waals surface area (Å²) in [5, 5.41) is 27.4. The van der Waals surface area contributed by atoms with E-state index in [-0.39, 0.29) is 12.6 Å².